The number of benzene rings is 1. The molecule has 2 nitrogen and oxygen atoms in total. The molecule has 1 aromatic heterocycles. The molecule has 3 heteroatoms. The van der Waals surface area contributed by atoms with Crippen LogP contribution in [0.3, 0.4) is 0 Å². The van der Waals surface area contributed by atoms with E-state index < -0.39 is 0 Å². The van der Waals surface area contributed by atoms with Crippen LogP contribution >= 0.6 is 11.8 Å². The molecule has 0 spiro atoms. The van der Waals surface area contributed by atoms with E-state index in [1.807, 2.05) is 11.8 Å². The summed E-state index contributed by atoms with van der Waals surface area (Å²) < 4.78 is 2.38. The Morgan fingerprint density at radius 2 is 2.10 bits per heavy atom. The maximum Gasteiger partial charge on any atom is 0.0483 e. The Morgan fingerprint density at radius 3 is 2.85 bits per heavy atom. The molecular formula is C17H26N2S. The Morgan fingerprint density at radius 1 is 1.25 bits per heavy atom. The first kappa shape index (κ1) is 15.5. The Labute approximate surface area is 126 Å². The SMILES string of the molecule is CCSCCCn1ccc2c(CC(N)CC)cccc21. The molecule has 2 rings (SSSR count). The smallest absolute Gasteiger partial charge is 0.0483 e. The number of nitrogens with two attached hydrogens (primary N) is 1. The minimum absolute atomic E-state index is 0.268. The number of aryl methyl sites for hydroxylation is 1. The molecule has 0 saturated carbocycles. The highest BCUT2D eigenvalue weighted by Gasteiger charge is 2.08. The van der Waals surface area contributed by atoms with Crippen molar-refractivity contribution < 1.29 is 0 Å². The molecule has 1 aromatic carbocycles. The Kier molecular flexibility index (Phi) is 5.99. The van der Waals surface area contributed by atoms with Gasteiger partial charge in [-0.3, -0.25) is 0 Å². The number of fused-ring (bicyclic) bond motifs is 1. The summed E-state index contributed by atoms with van der Waals surface area (Å²) in [6, 6.07) is 9.13. The van der Waals surface area contributed by atoms with Gasteiger partial charge in [-0.1, -0.05) is 26.0 Å². The van der Waals surface area contributed by atoms with E-state index in [2.05, 4.69) is 48.9 Å². The zero-order valence-electron chi connectivity index (χ0n) is 12.6. The lowest BCUT2D eigenvalue weighted by Gasteiger charge is -2.11. The van der Waals surface area contributed by atoms with E-state index in [0.717, 1.165) is 19.4 Å². The molecule has 2 aromatic rings. The first-order valence-electron chi connectivity index (χ1n) is 7.66. The van der Waals surface area contributed by atoms with Crippen molar-refractivity contribution in [3.05, 3.63) is 36.0 Å². The lowest BCUT2D eigenvalue weighted by atomic mass is 10.0. The van der Waals surface area contributed by atoms with Crippen molar-refractivity contribution in [3.63, 3.8) is 0 Å². The summed E-state index contributed by atoms with van der Waals surface area (Å²) in [5.74, 6) is 2.46. The fraction of sp³-hybridized carbons (Fsp3) is 0.529. The zero-order valence-corrected chi connectivity index (χ0v) is 13.5. The molecule has 0 amide bonds. The summed E-state index contributed by atoms with van der Waals surface area (Å²) in [5, 5.41) is 1.37. The quantitative estimate of drug-likeness (QED) is 0.743. The molecular weight excluding hydrogens is 264 g/mol. The molecule has 20 heavy (non-hydrogen) atoms. The van der Waals surface area contributed by atoms with Gasteiger partial charge in [0.15, 0.2) is 0 Å². The number of nitrogens with zero attached hydrogens (tertiary/aromatic N) is 1. The Bertz CT molecular complexity index is 533. The third kappa shape index (κ3) is 3.80. The number of aromatic nitrogens is 1. The van der Waals surface area contributed by atoms with E-state index in [0.29, 0.717) is 0 Å². The third-order valence-corrected chi connectivity index (χ3v) is 4.79. The van der Waals surface area contributed by atoms with Gasteiger partial charge >= 0.3 is 0 Å². The van der Waals surface area contributed by atoms with Gasteiger partial charge in [-0.25, -0.2) is 0 Å². The largest absolute Gasteiger partial charge is 0.347 e. The molecule has 0 aliphatic heterocycles. The van der Waals surface area contributed by atoms with Crippen molar-refractivity contribution in [2.45, 2.75) is 45.7 Å². The molecule has 0 radical (unpaired) electrons. The van der Waals surface area contributed by atoms with Crippen LogP contribution in [0.5, 0.6) is 0 Å². The van der Waals surface area contributed by atoms with E-state index in [4.69, 9.17) is 5.73 Å². The third-order valence-electron chi connectivity index (χ3n) is 3.80. The lowest BCUT2D eigenvalue weighted by molar-refractivity contribution is 0.648. The van der Waals surface area contributed by atoms with Gasteiger partial charge in [0, 0.05) is 29.7 Å². The van der Waals surface area contributed by atoms with E-state index >= 15 is 0 Å². The van der Waals surface area contributed by atoms with E-state index in [-0.39, 0.29) is 6.04 Å². The van der Waals surface area contributed by atoms with Crippen LogP contribution in [-0.2, 0) is 13.0 Å². The first-order chi connectivity index (χ1) is 9.76. The van der Waals surface area contributed by atoms with Crippen molar-refractivity contribution >= 4 is 22.7 Å². The highest BCUT2D eigenvalue weighted by atomic mass is 32.2. The number of hydrogen-bond acceptors (Lipinski definition) is 2. The maximum absolute atomic E-state index is 6.11. The molecule has 1 unspecified atom stereocenters. The van der Waals surface area contributed by atoms with E-state index in [1.165, 1.54) is 34.4 Å². The van der Waals surface area contributed by atoms with Gasteiger partial charge in [-0.2, -0.15) is 11.8 Å². The summed E-state index contributed by atoms with van der Waals surface area (Å²) in [7, 11) is 0. The number of hydrogen-bond donors (Lipinski definition) is 1. The lowest BCUT2D eigenvalue weighted by Crippen LogP contribution is -2.21. The average Bonchev–Trinajstić information content (AvgIpc) is 2.88. The molecule has 2 N–H and O–H groups in total. The fourth-order valence-electron chi connectivity index (χ4n) is 2.57. The standard InChI is InChI=1S/C17H26N2S/c1-3-15(18)13-14-7-5-8-17-16(14)9-11-19(17)10-6-12-20-4-2/h5,7-9,11,15H,3-4,6,10,12-13,18H2,1-2H3. The van der Waals surface area contributed by atoms with Gasteiger partial charge in [0.2, 0.25) is 0 Å². The first-order valence-corrected chi connectivity index (χ1v) is 8.81. The molecule has 0 bridgehead atoms. The highest BCUT2D eigenvalue weighted by molar-refractivity contribution is 7.99. The topological polar surface area (TPSA) is 30.9 Å². The van der Waals surface area contributed by atoms with Crippen LogP contribution in [0.15, 0.2) is 30.5 Å². The highest BCUT2D eigenvalue weighted by Crippen LogP contribution is 2.22. The second-order valence-electron chi connectivity index (χ2n) is 5.28. The molecule has 0 aliphatic rings. The van der Waals surface area contributed by atoms with Crippen molar-refractivity contribution in [1.82, 2.24) is 4.57 Å². The number of rotatable bonds is 8. The summed E-state index contributed by atoms with van der Waals surface area (Å²) >= 11 is 2.02. The summed E-state index contributed by atoms with van der Waals surface area (Å²) in [4.78, 5) is 0. The van der Waals surface area contributed by atoms with Crippen LogP contribution in [0.2, 0.25) is 0 Å². The fourth-order valence-corrected chi connectivity index (χ4v) is 3.19. The van der Waals surface area contributed by atoms with Gasteiger partial charge in [-0.15, -0.1) is 0 Å². The molecule has 0 aliphatic carbocycles. The van der Waals surface area contributed by atoms with Gasteiger partial charge in [-0.05, 0) is 48.5 Å². The monoisotopic (exact) mass is 290 g/mol. The minimum atomic E-state index is 0.268. The average molecular weight is 290 g/mol. The van der Waals surface area contributed by atoms with Crippen LogP contribution in [0.4, 0.5) is 0 Å². The Balaban J connectivity index is 2.12. The predicted octanol–water partition coefficient (Wildman–Crippen LogP) is 4.06. The van der Waals surface area contributed by atoms with Crippen molar-refractivity contribution in [3.8, 4) is 0 Å². The van der Waals surface area contributed by atoms with Gasteiger partial charge in [0.1, 0.15) is 0 Å². The molecule has 1 heterocycles. The summed E-state index contributed by atoms with van der Waals surface area (Å²) in [6.45, 7) is 5.49. The van der Waals surface area contributed by atoms with Gasteiger partial charge in [0.05, 0.1) is 0 Å². The maximum atomic E-state index is 6.11. The van der Waals surface area contributed by atoms with Crippen LogP contribution < -0.4 is 5.73 Å². The molecule has 110 valence electrons. The van der Waals surface area contributed by atoms with E-state index in [9.17, 15) is 0 Å². The van der Waals surface area contributed by atoms with Gasteiger partial charge in [0.25, 0.3) is 0 Å². The van der Waals surface area contributed by atoms with Gasteiger partial charge < -0.3 is 10.3 Å². The van der Waals surface area contributed by atoms with Crippen LogP contribution in [0.25, 0.3) is 10.9 Å². The summed E-state index contributed by atoms with van der Waals surface area (Å²) in [6.07, 6.45) is 5.47. The second kappa shape index (κ2) is 7.75. The molecule has 0 fully saturated rings. The zero-order chi connectivity index (χ0) is 14.4. The normalized spacial score (nSPS) is 12.9. The van der Waals surface area contributed by atoms with Crippen molar-refractivity contribution in [2.75, 3.05) is 11.5 Å². The van der Waals surface area contributed by atoms with Crippen LogP contribution in [-0.4, -0.2) is 22.1 Å². The predicted molar refractivity (Wildman–Crippen MR) is 91.5 cm³/mol. The molecule has 1 atom stereocenters. The van der Waals surface area contributed by atoms with Crippen molar-refractivity contribution in [1.29, 1.82) is 0 Å². The minimum Gasteiger partial charge on any atom is -0.347 e. The molecule has 0 saturated heterocycles. The number of thioether (sulfide) groups is 1. The summed E-state index contributed by atoms with van der Waals surface area (Å²) in [5.41, 5.74) is 8.85. The van der Waals surface area contributed by atoms with Crippen LogP contribution in [0.1, 0.15) is 32.3 Å². The van der Waals surface area contributed by atoms with Crippen LogP contribution in [0, 0.1) is 0 Å². The Hall–Kier alpha value is -0.930. The van der Waals surface area contributed by atoms with Crippen molar-refractivity contribution in [2.24, 2.45) is 5.73 Å². The van der Waals surface area contributed by atoms with E-state index in [1.54, 1.807) is 0 Å². The second-order valence-corrected chi connectivity index (χ2v) is 6.68.